The quantitative estimate of drug-likeness (QED) is 0.643. The zero-order valence-electron chi connectivity index (χ0n) is 17.3. The minimum atomic E-state index is -4.10. The van der Waals surface area contributed by atoms with Crippen molar-refractivity contribution in [3.05, 3.63) is 24.3 Å². The highest BCUT2D eigenvalue weighted by Crippen LogP contribution is 2.26. The number of hydrogen-bond donors (Lipinski definition) is 2. The second-order valence-electron chi connectivity index (χ2n) is 7.47. The van der Waals surface area contributed by atoms with Gasteiger partial charge in [-0.2, -0.15) is 4.31 Å². The highest BCUT2D eigenvalue weighted by atomic mass is 32.2. The zero-order valence-corrected chi connectivity index (χ0v) is 18.1. The number of carboxylic acids is 1. The van der Waals surface area contributed by atoms with E-state index in [2.05, 4.69) is 11.8 Å². The number of amides is 1. The average molecular weight is 439 g/mol. The van der Waals surface area contributed by atoms with E-state index in [0.717, 1.165) is 4.31 Å². The van der Waals surface area contributed by atoms with Crippen LogP contribution in [0.3, 0.4) is 0 Å². The normalized spacial score (nSPS) is 20.2. The van der Waals surface area contributed by atoms with Gasteiger partial charge in [-0.1, -0.05) is 11.8 Å². The number of sulfonamides is 1. The van der Waals surface area contributed by atoms with Gasteiger partial charge in [0.15, 0.2) is 0 Å². The molecule has 0 spiro atoms. The van der Waals surface area contributed by atoms with Crippen LogP contribution in [-0.2, 0) is 19.6 Å². The lowest BCUT2D eigenvalue weighted by atomic mass is 10.1. The zero-order chi connectivity index (χ0) is 22.7. The molecule has 1 aromatic rings. The Labute approximate surface area is 176 Å². The number of nitrogens with zero attached hydrogens (tertiary/aromatic N) is 2. The summed E-state index contributed by atoms with van der Waals surface area (Å²) in [6, 6.07) is 3.36. The predicted molar refractivity (Wildman–Crippen MR) is 108 cm³/mol. The van der Waals surface area contributed by atoms with Crippen LogP contribution in [0.4, 0.5) is 0 Å². The highest BCUT2D eigenvalue weighted by molar-refractivity contribution is 7.89. The smallest absolute Gasteiger partial charge is 0.324 e. The van der Waals surface area contributed by atoms with Crippen LogP contribution in [0.15, 0.2) is 29.2 Å². The first-order chi connectivity index (χ1) is 13.8. The summed E-state index contributed by atoms with van der Waals surface area (Å²) < 4.78 is 32.5. The second kappa shape index (κ2) is 9.04. The fraction of sp³-hybridized carbons (Fsp3) is 0.500. The molecule has 1 amide bonds. The Morgan fingerprint density at radius 3 is 2.33 bits per heavy atom. The molecule has 1 heterocycles. The minimum Gasteiger partial charge on any atom is -0.481 e. The summed E-state index contributed by atoms with van der Waals surface area (Å²) in [7, 11) is -4.10. The van der Waals surface area contributed by atoms with Crippen molar-refractivity contribution in [3.8, 4) is 17.6 Å². The summed E-state index contributed by atoms with van der Waals surface area (Å²) in [5.41, 5.74) is -1.13. The molecule has 164 valence electrons. The predicted octanol–water partition coefficient (Wildman–Crippen LogP) is 0.534. The number of benzene rings is 1. The molecule has 1 fully saturated rings. The van der Waals surface area contributed by atoms with Crippen molar-refractivity contribution >= 4 is 21.9 Å². The van der Waals surface area contributed by atoms with Crippen molar-refractivity contribution in [2.24, 2.45) is 0 Å². The number of piperazine rings is 1. The van der Waals surface area contributed by atoms with Gasteiger partial charge in [0.2, 0.25) is 15.9 Å². The fourth-order valence-electron chi connectivity index (χ4n) is 3.22. The van der Waals surface area contributed by atoms with Gasteiger partial charge in [-0.25, -0.2) is 8.42 Å². The third-order valence-corrected chi connectivity index (χ3v) is 6.51. The summed E-state index contributed by atoms with van der Waals surface area (Å²) in [6.45, 7) is 5.94. The molecule has 0 radical (unpaired) electrons. The van der Waals surface area contributed by atoms with Gasteiger partial charge >= 0.3 is 5.97 Å². The monoisotopic (exact) mass is 438 g/mol. The van der Waals surface area contributed by atoms with E-state index < -0.39 is 33.7 Å². The van der Waals surface area contributed by atoms with E-state index in [-0.39, 0.29) is 30.5 Å². The summed E-state index contributed by atoms with van der Waals surface area (Å²) in [6.07, 6.45) is 0. The molecular formula is C20H26N2O7S. The SMILES string of the molecule is CC(=O)N1CCN(S(=O)(=O)c2ccc(OCC#CC(C)(C)O)cc2)C(C(=O)O)C1C. The Kier molecular flexibility index (Phi) is 7.13. The van der Waals surface area contributed by atoms with Gasteiger partial charge in [0, 0.05) is 20.0 Å². The number of carbonyl (C=O) groups is 2. The van der Waals surface area contributed by atoms with Crippen molar-refractivity contribution in [1.82, 2.24) is 9.21 Å². The molecule has 10 heteroatoms. The van der Waals surface area contributed by atoms with Crippen molar-refractivity contribution in [3.63, 3.8) is 0 Å². The van der Waals surface area contributed by atoms with Gasteiger partial charge in [-0.05, 0) is 45.0 Å². The topological polar surface area (TPSA) is 124 Å². The van der Waals surface area contributed by atoms with E-state index in [0.29, 0.717) is 5.75 Å². The van der Waals surface area contributed by atoms with E-state index in [9.17, 15) is 28.2 Å². The van der Waals surface area contributed by atoms with Gasteiger partial charge in [-0.3, -0.25) is 9.59 Å². The summed E-state index contributed by atoms with van der Waals surface area (Å²) >= 11 is 0. The fourth-order valence-corrected chi connectivity index (χ4v) is 4.86. The van der Waals surface area contributed by atoms with E-state index in [1.807, 2.05) is 0 Å². The van der Waals surface area contributed by atoms with Gasteiger partial charge < -0.3 is 19.8 Å². The van der Waals surface area contributed by atoms with Crippen molar-refractivity contribution in [2.45, 2.75) is 50.3 Å². The van der Waals surface area contributed by atoms with Gasteiger partial charge in [-0.15, -0.1) is 0 Å². The molecule has 2 unspecified atom stereocenters. The Hall–Kier alpha value is -2.61. The molecule has 0 aromatic heterocycles. The van der Waals surface area contributed by atoms with Crippen molar-refractivity contribution < 1.29 is 33.0 Å². The molecule has 1 aliphatic rings. The molecular weight excluding hydrogens is 412 g/mol. The molecule has 2 rings (SSSR count). The van der Waals surface area contributed by atoms with Crippen LogP contribution in [0, 0.1) is 11.8 Å². The third kappa shape index (κ3) is 5.50. The van der Waals surface area contributed by atoms with Gasteiger partial charge in [0.1, 0.15) is 24.0 Å². The number of rotatable bonds is 5. The van der Waals surface area contributed by atoms with Crippen molar-refractivity contribution in [2.75, 3.05) is 19.7 Å². The summed E-state index contributed by atoms with van der Waals surface area (Å²) in [5.74, 6) is 4.01. The molecule has 2 N–H and O–H groups in total. The van der Waals surface area contributed by atoms with Crippen LogP contribution in [0.5, 0.6) is 5.75 Å². The van der Waals surface area contributed by atoms with Crippen LogP contribution >= 0.6 is 0 Å². The molecule has 2 atom stereocenters. The highest BCUT2D eigenvalue weighted by Gasteiger charge is 2.45. The Balaban J connectivity index is 2.20. The van der Waals surface area contributed by atoms with E-state index in [1.165, 1.54) is 43.0 Å². The Morgan fingerprint density at radius 2 is 1.83 bits per heavy atom. The van der Waals surface area contributed by atoms with Crippen LogP contribution in [-0.4, -0.2) is 77.1 Å². The summed E-state index contributed by atoms with van der Waals surface area (Å²) in [4.78, 5) is 24.8. The first-order valence-electron chi connectivity index (χ1n) is 9.32. The number of hydrogen-bond acceptors (Lipinski definition) is 6. The van der Waals surface area contributed by atoms with Crippen LogP contribution in [0.25, 0.3) is 0 Å². The van der Waals surface area contributed by atoms with E-state index >= 15 is 0 Å². The van der Waals surface area contributed by atoms with Crippen LogP contribution in [0.2, 0.25) is 0 Å². The summed E-state index contributed by atoms with van der Waals surface area (Å²) in [5, 5.41) is 19.1. The molecule has 1 aromatic carbocycles. The second-order valence-corrected chi connectivity index (χ2v) is 9.36. The Morgan fingerprint density at radius 1 is 1.23 bits per heavy atom. The standard InChI is InChI=1S/C20H26N2O7S/c1-14-18(19(24)25)22(12-11-21(14)15(2)23)30(27,28)17-8-6-16(7-9-17)29-13-5-10-20(3,4)26/h6-9,14,18,26H,11-13H2,1-4H3,(H,24,25). The van der Waals surface area contributed by atoms with E-state index in [1.54, 1.807) is 13.8 Å². The third-order valence-electron chi connectivity index (χ3n) is 4.61. The first kappa shape index (κ1) is 23.7. The number of carboxylic acid groups (broad SMARTS) is 1. The van der Waals surface area contributed by atoms with Crippen LogP contribution < -0.4 is 4.74 Å². The van der Waals surface area contributed by atoms with E-state index in [4.69, 9.17) is 4.74 Å². The maximum atomic E-state index is 13.1. The molecule has 9 nitrogen and oxygen atoms in total. The lowest BCUT2D eigenvalue weighted by molar-refractivity contribution is -0.148. The number of ether oxygens (including phenoxy) is 1. The van der Waals surface area contributed by atoms with Crippen LogP contribution in [0.1, 0.15) is 27.7 Å². The first-order valence-corrected chi connectivity index (χ1v) is 10.8. The van der Waals surface area contributed by atoms with Gasteiger partial charge in [0.25, 0.3) is 0 Å². The lowest BCUT2D eigenvalue weighted by Crippen LogP contribution is -2.63. The van der Waals surface area contributed by atoms with Crippen molar-refractivity contribution in [1.29, 1.82) is 0 Å². The number of aliphatic carboxylic acids is 1. The lowest BCUT2D eigenvalue weighted by Gasteiger charge is -2.43. The van der Waals surface area contributed by atoms with Gasteiger partial charge in [0.05, 0.1) is 10.9 Å². The number of carbonyl (C=O) groups excluding carboxylic acids is 1. The molecule has 30 heavy (non-hydrogen) atoms. The maximum absolute atomic E-state index is 13.1. The average Bonchev–Trinajstić information content (AvgIpc) is 2.64. The Bertz CT molecular complexity index is 956. The molecule has 1 saturated heterocycles. The molecule has 1 aliphatic heterocycles. The molecule has 0 bridgehead atoms. The molecule has 0 saturated carbocycles. The largest absolute Gasteiger partial charge is 0.481 e. The maximum Gasteiger partial charge on any atom is 0.324 e. The molecule has 0 aliphatic carbocycles. The minimum absolute atomic E-state index is 0.0156. The number of aliphatic hydroxyl groups is 1.